The summed E-state index contributed by atoms with van der Waals surface area (Å²) in [5.74, 6) is -1.75. The molecule has 2 saturated carbocycles. The van der Waals surface area contributed by atoms with Crippen LogP contribution < -0.4 is 5.73 Å². The van der Waals surface area contributed by atoms with Crippen molar-refractivity contribution in [2.24, 2.45) is 35.3 Å². The lowest BCUT2D eigenvalue weighted by molar-refractivity contribution is -0.153. The minimum atomic E-state index is -0.826. The number of fused-ring (bicyclic) bond motifs is 2. The highest BCUT2D eigenvalue weighted by atomic mass is 16.4. The molecular weight excluding hydrogens is 272 g/mol. The lowest BCUT2D eigenvalue weighted by Gasteiger charge is -2.36. The van der Waals surface area contributed by atoms with Crippen LogP contribution >= 0.6 is 0 Å². The second-order valence-corrected chi connectivity index (χ2v) is 6.72. The molecule has 4 atom stereocenters. The number of carbonyl (C=O) groups excluding carboxylic acids is 2. The molecule has 0 unspecified atom stereocenters. The molecule has 3 N–H and O–H groups in total. The van der Waals surface area contributed by atoms with E-state index in [1.165, 1.54) is 0 Å². The van der Waals surface area contributed by atoms with Crippen molar-refractivity contribution in [3.05, 3.63) is 0 Å². The quantitative estimate of drug-likeness (QED) is 0.789. The predicted octanol–water partition coefficient (Wildman–Crippen LogP) is 0.457. The standard InChI is InChI=1S/C15H22N2O4/c16-13(18)8-3-5-17(6-4-8)14(19)11-9-1-2-10(7-9)12(11)15(20)21/h8-12H,1-7H2,(H2,16,18)(H,20,21)/t9-,10-,11+,12-/m1/s1. The van der Waals surface area contributed by atoms with Crippen molar-refractivity contribution >= 4 is 17.8 Å². The molecule has 2 amide bonds. The van der Waals surface area contributed by atoms with Crippen LogP contribution in [0.4, 0.5) is 0 Å². The number of carbonyl (C=O) groups is 3. The van der Waals surface area contributed by atoms with Crippen molar-refractivity contribution in [1.82, 2.24) is 4.90 Å². The number of nitrogens with zero attached hydrogens (tertiary/aromatic N) is 1. The first kappa shape index (κ1) is 14.4. The highest BCUT2D eigenvalue weighted by Crippen LogP contribution is 2.53. The summed E-state index contributed by atoms with van der Waals surface area (Å²) in [7, 11) is 0. The van der Waals surface area contributed by atoms with Gasteiger partial charge < -0.3 is 15.7 Å². The largest absolute Gasteiger partial charge is 0.481 e. The molecule has 2 bridgehead atoms. The zero-order chi connectivity index (χ0) is 15.1. The maximum absolute atomic E-state index is 12.7. The Morgan fingerprint density at radius 3 is 2.05 bits per heavy atom. The average molecular weight is 294 g/mol. The van der Waals surface area contributed by atoms with Crippen LogP contribution in [-0.4, -0.2) is 40.9 Å². The van der Waals surface area contributed by atoms with E-state index in [1.54, 1.807) is 4.90 Å². The summed E-state index contributed by atoms with van der Waals surface area (Å²) < 4.78 is 0. The van der Waals surface area contributed by atoms with Gasteiger partial charge in [0.2, 0.25) is 11.8 Å². The number of rotatable bonds is 3. The Kier molecular flexibility index (Phi) is 3.63. The van der Waals surface area contributed by atoms with Crippen LogP contribution in [0.1, 0.15) is 32.1 Å². The lowest BCUT2D eigenvalue weighted by atomic mass is 9.78. The fraction of sp³-hybridized carbons (Fsp3) is 0.800. The molecule has 6 nitrogen and oxygen atoms in total. The Morgan fingerprint density at radius 2 is 1.52 bits per heavy atom. The van der Waals surface area contributed by atoms with Gasteiger partial charge in [-0.05, 0) is 43.9 Å². The molecule has 1 aliphatic heterocycles. The number of nitrogens with two attached hydrogens (primary N) is 1. The molecule has 1 saturated heterocycles. The first-order chi connectivity index (χ1) is 9.99. The SMILES string of the molecule is NC(=O)C1CCN(C(=O)[C@H]2[C@@H]3CC[C@H](C3)[C@H]2C(=O)O)CC1. The third-order valence-corrected chi connectivity index (χ3v) is 5.70. The van der Waals surface area contributed by atoms with Gasteiger partial charge in [-0.1, -0.05) is 0 Å². The Balaban J connectivity index is 1.68. The van der Waals surface area contributed by atoms with E-state index >= 15 is 0 Å². The molecule has 0 aromatic heterocycles. The number of aliphatic carboxylic acids is 1. The van der Waals surface area contributed by atoms with Gasteiger partial charge in [-0.3, -0.25) is 14.4 Å². The van der Waals surface area contributed by atoms with Gasteiger partial charge in [0, 0.05) is 19.0 Å². The number of carboxylic acid groups (broad SMARTS) is 1. The van der Waals surface area contributed by atoms with E-state index in [9.17, 15) is 19.5 Å². The average Bonchev–Trinajstić information content (AvgIpc) is 3.07. The molecular formula is C15H22N2O4. The predicted molar refractivity (Wildman–Crippen MR) is 73.9 cm³/mol. The summed E-state index contributed by atoms with van der Waals surface area (Å²) in [6.07, 6.45) is 3.99. The fourth-order valence-electron chi connectivity index (χ4n) is 4.60. The van der Waals surface area contributed by atoms with Crippen molar-refractivity contribution in [3.63, 3.8) is 0 Å². The van der Waals surface area contributed by atoms with E-state index in [-0.39, 0.29) is 35.5 Å². The summed E-state index contributed by atoms with van der Waals surface area (Å²) in [6, 6.07) is 0. The van der Waals surface area contributed by atoms with Gasteiger partial charge in [-0.15, -0.1) is 0 Å². The zero-order valence-electron chi connectivity index (χ0n) is 12.0. The summed E-state index contributed by atoms with van der Waals surface area (Å²) in [6.45, 7) is 1.04. The van der Waals surface area contributed by atoms with E-state index < -0.39 is 11.9 Å². The zero-order valence-corrected chi connectivity index (χ0v) is 12.0. The first-order valence-corrected chi connectivity index (χ1v) is 7.80. The highest BCUT2D eigenvalue weighted by Gasteiger charge is 2.54. The minimum absolute atomic E-state index is 0.0162. The number of hydrogen-bond acceptors (Lipinski definition) is 3. The molecule has 3 rings (SSSR count). The van der Waals surface area contributed by atoms with Gasteiger partial charge in [0.1, 0.15) is 0 Å². The first-order valence-electron chi connectivity index (χ1n) is 7.80. The van der Waals surface area contributed by atoms with Gasteiger partial charge >= 0.3 is 5.97 Å². The maximum atomic E-state index is 12.7. The summed E-state index contributed by atoms with van der Waals surface area (Å²) in [4.78, 5) is 37.2. The van der Waals surface area contributed by atoms with Crippen molar-refractivity contribution in [2.75, 3.05) is 13.1 Å². The molecule has 0 aromatic rings. The van der Waals surface area contributed by atoms with Gasteiger partial charge in [0.05, 0.1) is 11.8 Å². The van der Waals surface area contributed by atoms with Crippen LogP contribution in [0.5, 0.6) is 0 Å². The molecule has 1 heterocycles. The maximum Gasteiger partial charge on any atom is 0.307 e. The van der Waals surface area contributed by atoms with E-state index in [4.69, 9.17) is 5.73 Å². The second kappa shape index (κ2) is 5.31. The van der Waals surface area contributed by atoms with Crippen molar-refractivity contribution in [2.45, 2.75) is 32.1 Å². The molecule has 0 spiro atoms. The van der Waals surface area contributed by atoms with Gasteiger partial charge in [0.15, 0.2) is 0 Å². The molecule has 0 radical (unpaired) electrons. The van der Waals surface area contributed by atoms with Gasteiger partial charge in [-0.2, -0.15) is 0 Å². The van der Waals surface area contributed by atoms with Crippen molar-refractivity contribution in [1.29, 1.82) is 0 Å². The number of carboxylic acids is 1. The van der Waals surface area contributed by atoms with Crippen LogP contribution in [0, 0.1) is 29.6 Å². The van der Waals surface area contributed by atoms with E-state index in [1.807, 2.05) is 0 Å². The summed E-state index contributed by atoms with van der Waals surface area (Å²) >= 11 is 0. The third kappa shape index (κ3) is 2.40. The Labute approximate surface area is 123 Å². The number of primary amides is 1. The van der Waals surface area contributed by atoms with E-state index in [2.05, 4.69) is 0 Å². The molecule has 3 fully saturated rings. The summed E-state index contributed by atoms with van der Waals surface area (Å²) in [5, 5.41) is 9.44. The second-order valence-electron chi connectivity index (χ2n) is 6.72. The van der Waals surface area contributed by atoms with Crippen molar-refractivity contribution < 1.29 is 19.5 Å². The Hall–Kier alpha value is -1.59. The van der Waals surface area contributed by atoms with Crippen LogP contribution in [-0.2, 0) is 14.4 Å². The molecule has 6 heteroatoms. The van der Waals surface area contributed by atoms with Crippen LogP contribution in [0.25, 0.3) is 0 Å². The van der Waals surface area contributed by atoms with Gasteiger partial charge in [-0.25, -0.2) is 0 Å². The molecule has 3 aliphatic rings. The van der Waals surface area contributed by atoms with Crippen LogP contribution in [0.2, 0.25) is 0 Å². The molecule has 0 aromatic carbocycles. The van der Waals surface area contributed by atoms with E-state index in [0.717, 1.165) is 19.3 Å². The molecule has 21 heavy (non-hydrogen) atoms. The third-order valence-electron chi connectivity index (χ3n) is 5.70. The lowest BCUT2D eigenvalue weighted by Crippen LogP contribution is -2.48. The molecule has 116 valence electrons. The smallest absolute Gasteiger partial charge is 0.307 e. The van der Waals surface area contributed by atoms with Crippen LogP contribution in [0.3, 0.4) is 0 Å². The topological polar surface area (TPSA) is 101 Å². The van der Waals surface area contributed by atoms with Crippen molar-refractivity contribution in [3.8, 4) is 0 Å². The number of piperidine rings is 1. The fourth-order valence-corrected chi connectivity index (χ4v) is 4.60. The minimum Gasteiger partial charge on any atom is -0.481 e. The monoisotopic (exact) mass is 294 g/mol. The Morgan fingerprint density at radius 1 is 0.952 bits per heavy atom. The highest BCUT2D eigenvalue weighted by molar-refractivity contribution is 5.86. The van der Waals surface area contributed by atoms with E-state index in [0.29, 0.717) is 25.9 Å². The number of amides is 2. The molecule has 2 aliphatic carbocycles. The van der Waals surface area contributed by atoms with Crippen LogP contribution in [0.15, 0.2) is 0 Å². The summed E-state index contributed by atoms with van der Waals surface area (Å²) in [5.41, 5.74) is 5.30. The number of hydrogen-bond donors (Lipinski definition) is 2. The van der Waals surface area contributed by atoms with Gasteiger partial charge in [0.25, 0.3) is 0 Å². The number of likely N-dealkylation sites (tertiary alicyclic amines) is 1. The Bertz CT molecular complexity index is 470. The normalized spacial score (nSPS) is 35.9.